The fourth-order valence-electron chi connectivity index (χ4n) is 1.57. The molecule has 0 heterocycles. The smallest absolute Gasteiger partial charge is 0.328 e. The molecule has 1 N–H and O–H groups in total. The normalized spacial score (nSPS) is 11.9. The molecule has 0 aliphatic rings. The second kappa shape index (κ2) is 7.89. The van der Waals surface area contributed by atoms with E-state index in [9.17, 15) is 4.79 Å². The van der Waals surface area contributed by atoms with Gasteiger partial charge in [-0.3, -0.25) is 4.90 Å². The third-order valence-corrected chi connectivity index (χ3v) is 2.01. The van der Waals surface area contributed by atoms with Crippen LogP contribution in [-0.2, 0) is 4.79 Å². The molecule has 0 spiro atoms. The van der Waals surface area contributed by atoms with Crippen molar-refractivity contribution in [3.8, 4) is 6.07 Å². The average molecular weight is 224 g/mol. The van der Waals surface area contributed by atoms with Crippen molar-refractivity contribution >= 4 is 5.97 Å². The van der Waals surface area contributed by atoms with Crippen LogP contribution in [0.5, 0.6) is 0 Å². The largest absolute Gasteiger partial charge is 0.478 e. The first kappa shape index (κ1) is 14.7. The number of nitrogens with zero attached hydrogens (tertiary/aromatic N) is 2. The molecular weight excluding hydrogens is 204 g/mol. The van der Waals surface area contributed by atoms with Crippen molar-refractivity contribution in [1.82, 2.24) is 4.90 Å². The Morgan fingerprint density at radius 2 is 2.19 bits per heavy atom. The highest BCUT2D eigenvalue weighted by Gasteiger charge is 2.08. The van der Waals surface area contributed by atoms with Crippen LogP contribution in [0.1, 0.15) is 27.2 Å². The molecule has 0 rings (SSSR count). The summed E-state index contributed by atoms with van der Waals surface area (Å²) in [5.41, 5.74) is 0.811. The molecule has 4 heteroatoms. The third kappa shape index (κ3) is 8.01. The highest BCUT2D eigenvalue weighted by molar-refractivity contribution is 5.80. The summed E-state index contributed by atoms with van der Waals surface area (Å²) in [5.74, 6) is -0.404. The molecule has 0 radical (unpaired) electrons. The molecule has 0 aromatic carbocycles. The van der Waals surface area contributed by atoms with Crippen LogP contribution >= 0.6 is 0 Å². The van der Waals surface area contributed by atoms with Gasteiger partial charge in [-0.25, -0.2) is 4.79 Å². The summed E-state index contributed by atoms with van der Waals surface area (Å²) < 4.78 is 0. The Labute approximate surface area is 97.2 Å². The Hall–Kier alpha value is -1.34. The molecule has 0 amide bonds. The van der Waals surface area contributed by atoms with Gasteiger partial charge in [0.15, 0.2) is 0 Å². The Balaban J connectivity index is 4.30. The molecular formula is C12H20N2O2. The summed E-state index contributed by atoms with van der Waals surface area (Å²) in [6.07, 6.45) is 1.70. The number of aliphatic carboxylic acids is 1. The van der Waals surface area contributed by atoms with Crippen molar-refractivity contribution in [3.63, 3.8) is 0 Å². The average Bonchev–Trinajstić information content (AvgIpc) is 2.11. The van der Waals surface area contributed by atoms with Crippen molar-refractivity contribution in [1.29, 1.82) is 5.26 Å². The number of hydrogen-bond donors (Lipinski definition) is 1. The van der Waals surface area contributed by atoms with E-state index in [4.69, 9.17) is 10.4 Å². The fourth-order valence-corrected chi connectivity index (χ4v) is 1.57. The third-order valence-electron chi connectivity index (χ3n) is 2.01. The quantitative estimate of drug-likeness (QED) is 0.671. The van der Waals surface area contributed by atoms with Gasteiger partial charge in [-0.15, -0.1) is 0 Å². The lowest BCUT2D eigenvalue weighted by Gasteiger charge is -2.23. The van der Waals surface area contributed by atoms with E-state index in [1.807, 2.05) is 0 Å². The van der Waals surface area contributed by atoms with Gasteiger partial charge in [0.25, 0.3) is 0 Å². The number of rotatable bonds is 7. The highest BCUT2D eigenvalue weighted by atomic mass is 16.4. The summed E-state index contributed by atoms with van der Waals surface area (Å²) in [7, 11) is 0. The van der Waals surface area contributed by atoms with Gasteiger partial charge in [-0.05, 0) is 12.8 Å². The first-order chi connectivity index (χ1) is 7.45. The van der Waals surface area contributed by atoms with Crippen LogP contribution in [0, 0.1) is 17.2 Å². The van der Waals surface area contributed by atoms with Crippen LogP contribution in [0.4, 0.5) is 0 Å². The highest BCUT2D eigenvalue weighted by Crippen LogP contribution is 2.04. The molecule has 4 nitrogen and oxygen atoms in total. The van der Waals surface area contributed by atoms with Crippen LogP contribution in [-0.4, -0.2) is 35.6 Å². The van der Waals surface area contributed by atoms with E-state index < -0.39 is 5.97 Å². The molecule has 16 heavy (non-hydrogen) atoms. The van der Waals surface area contributed by atoms with Gasteiger partial charge in [0, 0.05) is 32.1 Å². The van der Waals surface area contributed by atoms with Crippen LogP contribution in [0.2, 0.25) is 0 Å². The zero-order valence-corrected chi connectivity index (χ0v) is 10.2. The number of carbonyl (C=O) groups is 1. The van der Waals surface area contributed by atoms with Gasteiger partial charge >= 0.3 is 5.97 Å². The molecule has 0 aromatic heterocycles. The van der Waals surface area contributed by atoms with Crippen LogP contribution in [0.15, 0.2) is 11.6 Å². The van der Waals surface area contributed by atoms with E-state index in [1.165, 1.54) is 6.08 Å². The van der Waals surface area contributed by atoms with E-state index in [2.05, 4.69) is 24.8 Å². The summed E-state index contributed by atoms with van der Waals surface area (Å²) in [6, 6.07) is 2.11. The molecule has 0 unspecified atom stereocenters. The van der Waals surface area contributed by atoms with Crippen molar-refractivity contribution in [3.05, 3.63) is 11.6 Å². The van der Waals surface area contributed by atoms with Gasteiger partial charge in [0.1, 0.15) is 0 Å². The van der Waals surface area contributed by atoms with E-state index in [0.717, 1.165) is 12.1 Å². The predicted octanol–water partition coefficient (Wildman–Crippen LogP) is 1.89. The topological polar surface area (TPSA) is 64.3 Å². The van der Waals surface area contributed by atoms with E-state index >= 15 is 0 Å². The molecule has 0 aliphatic heterocycles. The maximum Gasteiger partial charge on any atom is 0.328 e. The first-order valence-electron chi connectivity index (χ1n) is 5.45. The van der Waals surface area contributed by atoms with Crippen molar-refractivity contribution < 1.29 is 9.90 Å². The van der Waals surface area contributed by atoms with Gasteiger partial charge in [-0.1, -0.05) is 19.4 Å². The summed E-state index contributed by atoms with van der Waals surface area (Å²) in [5, 5.41) is 17.2. The molecule has 0 aromatic rings. The molecule has 0 fully saturated rings. The second-order valence-corrected chi connectivity index (χ2v) is 4.37. The Morgan fingerprint density at radius 3 is 2.62 bits per heavy atom. The van der Waals surface area contributed by atoms with Gasteiger partial charge in [0.2, 0.25) is 0 Å². The zero-order chi connectivity index (χ0) is 12.6. The lowest BCUT2D eigenvalue weighted by atomic mass is 10.1. The Kier molecular flexibility index (Phi) is 7.23. The Morgan fingerprint density at radius 1 is 1.56 bits per heavy atom. The summed E-state index contributed by atoms with van der Waals surface area (Å²) >= 11 is 0. The summed E-state index contributed by atoms with van der Waals surface area (Å²) in [6.45, 7) is 8.21. The Bertz CT molecular complexity index is 290. The minimum absolute atomic E-state index is 0.479. The molecule has 90 valence electrons. The van der Waals surface area contributed by atoms with E-state index in [0.29, 0.717) is 25.4 Å². The first-order valence-corrected chi connectivity index (χ1v) is 5.45. The number of carboxylic acid groups (broad SMARTS) is 1. The fraction of sp³-hybridized carbons (Fsp3) is 0.667. The maximum absolute atomic E-state index is 10.5. The van der Waals surface area contributed by atoms with Crippen molar-refractivity contribution in [2.24, 2.45) is 5.92 Å². The number of nitriles is 1. The standard InChI is InChI=1S/C12H20N2O2/c1-10(2)8-14(6-4-5-13)9-11(3)7-12(15)16/h7,10H,4,6,8-9H2,1-3H3,(H,15,16). The number of carboxylic acids is 1. The van der Waals surface area contributed by atoms with E-state index in [-0.39, 0.29) is 0 Å². The van der Waals surface area contributed by atoms with E-state index in [1.54, 1.807) is 6.92 Å². The van der Waals surface area contributed by atoms with Gasteiger partial charge in [0.05, 0.1) is 6.07 Å². The van der Waals surface area contributed by atoms with Crippen LogP contribution in [0.3, 0.4) is 0 Å². The minimum Gasteiger partial charge on any atom is -0.478 e. The van der Waals surface area contributed by atoms with Crippen LogP contribution < -0.4 is 0 Å². The van der Waals surface area contributed by atoms with Gasteiger partial charge in [-0.2, -0.15) is 5.26 Å². The summed E-state index contributed by atoms with van der Waals surface area (Å²) in [4.78, 5) is 12.6. The maximum atomic E-state index is 10.5. The lowest BCUT2D eigenvalue weighted by Crippen LogP contribution is -2.30. The monoisotopic (exact) mass is 224 g/mol. The minimum atomic E-state index is -0.915. The molecule has 0 saturated heterocycles. The second-order valence-electron chi connectivity index (χ2n) is 4.37. The molecule has 0 aliphatic carbocycles. The molecule has 0 saturated carbocycles. The zero-order valence-electron chi connectivity index (χ0n) is 10.2. The van der Waals surface area contributed by atoms with Crippen molar-refractivity contribution in [2.45, 2.75) is 27.2 Å². The van der Waals surface area contributed by atoms with Crippen LogP contribution in [0.25, 0.3) is 0 Å². The molecule has 0 bridgehead atoms. The lowest BCUT2D eigenvalue weighted by molar-refractivity contribution is -0.131. The molecule has 0 atom stereocenters. The number of hydrogen-bond acceptors (Lipinski definition) is 3. The van der Waals surface area contributed by atoms with Gasteiger partial charge < -0.3 is 5.11 Å². The SMILES string of the molecule is CC(=CC(=O)O)CN(CCC#N)CC(C)C. The van der Waals surface area contributed by atoms with Crippen molar-refractivity contribution in [2.75, 3.05) is 19.6 Å². The predicted molar refractivity (Wildman–Crippen MR) is 62.9 cm³/mol.